The second-order valence-electron chi connectivity index (χ2n) is 5.25. The molecule has 0 amide bonds. The minimum atomic E-state index is 0.810. The molecule has 0 spiro atoms. The normalized spacial score (nSPS) is 27.6. The van der Waals surface area contributed by atoms with Crippen LogP contribution in [0.1, 0.15) is 31.4 Å². The highest BCUT2D eigenvalue weighted by molar-refractivity contribution is 7.07. The zero-order chi connectivity index (χ0) is 11.5. The van der Waals surface area contributed by atoms with Gasteiger partial charge in [0.2, 0.25) is 0 Å². The molecule has 3 nitrogen and oxygen atoms in total. The third-order valence-corrected chi connectivity index (χ3v) is 4.64. The molecule has 2 aliphatic rings. The first-order chi connectivity index (χ1) is 8.42. The summed E-state index contributed by atoms with van der Waals surface area (Å²) in [5.74, 6) is 0. The molecule has 0 saturated carbocycles. The Morgan fingerprint density at radius 1 is 1.24 bits per heavy atom. The maximum atomic E-state index is 4.41. The number of aromatic nitrogens is 1. The Labute approximate surface area is 107 Å². The van der Waals surface area contributed by atoms with Crippen molar-refractivity contribution in [1.82, 2.24) is 14.8 Å². The first-order valence-electron chi connectivity index (χ1n) is 6.75. The number of nitrogens with zero attached hydrogens (tertiary/aromatic N) is 3. The summed E-state index contributed by atoms with van der Waals surface area (Å²) in [6.45, 7) is 6.17. The van der Waals surface area contributed by atoms with Crippen LogP contribution in [0.15, 0.2) is 10.9 Å². The Kier molecular flexibility index (Phi) is 3.74. The highest BCUT2D eigenvalue weighted by atomic mass is 32.1. The van der Waals surface area contributed by atoms with E-state index in [0.717, 1.165) is 12.6 Å². The Hall–Kier alpha value is -0.450. The summed E-state index contributed by atoms with van der Waals surface area (Å²) in [7, 11) is 0. The predicted octanol–water partition coefficient (Wildman–Crippen LogP) is 2.20. The van der Waals surface area contributed by atoms with Crippen LogP contribution >= 0.6 is 11.3 Å². The SMILES string of the molecule is c1nc(CN2CCCN3CCCCC3C2)cs1. The standard InChI is InChI=1S/C13H21N3S/c1-2-6-16-7-3-5-15(9-13(16)4-1)8-12-10-17-11-14-12/h10-11,13H,1-9H2. The van der Waals surface area contributed by atoms with Gasteiger partial charge in [0.25, 0.3) is 0 Å². The highest BCUT2D eigenvalue weighted by Gasteiger charge is 2.26. The van der Waals surface area contributed by atoms with Gasteiger partial charge in [-0.05, 0) is 38.9 Å². The molecule has 2 aliphatic heterocycles. The smallest absolute Gasteiger partial charge is 0.0795 e. The van der Waals surface area contributed by atoms with Crippen molar-refractivity contribution < 1.29 is 0 Å². The molecule has 17 heavy (non-hydrogen) atoms. The Morgan fingerprint density at radius 3 is 3.06 bits per heavy atom. The second-order valence-corrected chi connectivity index (χ2v) is 5.97. The van der Waals surface area contributed by atoms with Crippen LogP contribution in [0.2, 0.25) is 0 Å². The maximum absolute atomic E-state index is 4.41. The van der Waals surface area contributed by atoms with Crippen LogP contribution in [0.4, 0.5) is 0 Å². The summed E-state index contributed by atoms with van der Waals surface area (Å²) in [6, 6.07) is 0.810. The summed E-state index contributed by atoms with van der Waals surface area (Å²) in [5.41, 5.74) is 3.19. The van der Waals surface area contributed by atoms with Crippen LogP contribution in [-0.4, -0.2) is 47.0 Å². The number of hydrogen-bond acceptors (Lipinski definition) is 4. The van der Waals surface area contributed by atoms with Gasteiger partial charge in [0.15, 0.2) is 0 Å². The first kappa shape index (κ1) is 11.6. The van der Waals surface area contributed by atoms with Gasteiger partial charge in [-0.15, -0.1) is 11.3 Å². The summed E-state index contributed by atoms with van der Waals surface area (Å²) >= 11 is 1.71. The molecule has 1 atom stereocenters. The fourth-order valence-electron chi connectivity index (χ4n) is 3.14. The van der Waals surface area contributed by atoms with Crippen molar-refractivity contribution in [1.29, 1.82) is 0 Å². The van der Waals surface area contributed by atoms with Crippen molar-refractivity contribution in [2.75, 3.05) is 26.2 Å². The number of piperidine rings is 1. The molecule has 0 N–H and O–H groups in total. The molecule has 3 heterocycles. The molecule has 0 radical (unpaired) electrons. The van der Waals surface area contributed by atoms with Crippen LogP contribution < -0.4 is 0 Å². The van der Waals surface area contributed by atoms with E-state index >= 15 is 0 Å². The highest BCUT2D eigenvalue weighted by Crippen LogP contribution is 2.21. The maximum Gasteiger partial charge on any atom is 0.0795 e. The van der Waals surface area contributed by atoms with Gasteiger partial charge in [0, 0.05) is 24.5 Å². The van der Waals surface area contributed by atoms with Gasteiger partial charge in [0.1, 0.15) is 0 Å². The van der Waals surface area contributed by atoms with Crippen LogP contribution in [0, 0.1) is 0 Å². The third-order valence-electron chi connectivity index (χ3n) is 4.01. The molecule has 4 heteroatoms. The van der Waals surface area contributed by atoms with E-state index in [9.17, 15) is 0 Å². The van der Waals surface area contributed by atoms with E-state index in [1.165, 1.54) is 57.6 Å². The zero-order valence-electron chi connectivity index (χ0n) is 10.3. The van der Waals surface area contributed by atoms with Gasteiger partial charge >= 0.3 is 0 Å². The minimum absolute atomic E-state index is 0.810. The van der Waals surface area contributed by atoms with Gasteiger partial charge in [-0.3, -0.25) is 9.80 Å². The average molecular weight is 251 g/mol. The van der Waals surface area contributed by atoms with Gasteiger partial charge in [-0.2, -0.15) is 0 Å². The van der Waals surface area contributed by atoms with Crippen molar-refractivity contribution in [2.45, 2.75) is 38.3 Å². The molecule has 94 valence electrons. The van der Waals surface area contributed by atoms with Crippen molar-refractivity contribution in [3.8, 4) is 0 Å². The molecular weight excluding hydrogens is 230 g/mol. The first-order valence-corrected chi connectivity index (χ1v) is 7.69. The van der Waals surface area contributed by atoms with Gasteiger partial charge in [-0.25, -0.2) is 4.98 Å². The summed E-state index contributed by atoms with van der Waals surface area (Å²) in [5, 5.41) is 2.18. The van der Waals surface area contributed by atoms with Crippen molar-refractivity contribution >= 4 is 11.3 Å². The van der Waals surface area contributed by atoms with Crippen molar-refractivity contribution in [3.05, 3.63) is 16.6 Å². The van der Waals surface area contributed by atoms with Gasteiger partial charge in [0.05, 0.1) is 11.2 Å². The molecule has 0 bridgehead atoms. The monoisotopic (exact) mass is 251 g/mol. The quantitative estimate of drug-likeness (QED) is 0.803. The van der Waals surface area contributed by atoms with Crippen LogP contribution in [0.5, 0.6) is 0 Å². The number of fused-ring (bicyclic) bond motifs is 1. The van der Waals surface area contributed by atoms with E-state index in [1.807, 2.05) is 5.51 Å². The molecule has 2 fully saturated rings. The molecule has 1 aromatic heterocycles. The van der Waals surface area contributed by atoms with Crippen LogP contribution in [0.3, 0.4) is 0 Å². The molecule has 0 aromatic carbocycles. The topological polar surface area (TPSA) is 19.4 Å². The lowest BCUT2D eigenvalue weighted by molar-refractivity contribution is 0.134. The predicted molar refractivity (Wildman–Crippen MR) is 71.2 cm³/mol. The molecular formula is C13H21N3S. The second kappa shape index (κ2) is 5.46. The fourth-order valence-corrected chi connectivity index (χ4v) is 3.69. The molecule has 1 unspecified atom stereocenters. The van der Waals surface area contributed by atoms with E-state index in [2.05, 4.69) is 20.2 Å². The fraction of sp³-hybridized carbons (Fsp3) is 0.769. The van der Waals surface area contributed by atoms with Gasteiger partial charge < -0.3 is 0 Å². The largest absolute Gasteiger partial charge is 0.299 e. The Bertz CT molecular complexity index is 338. The summed E-state index contributed by atoms with van der Waals surface area (Å²) < 4.78 is 0. The lowest BCUT2D eigenvalue weighted by atomic mass is 10.0. The van der Waals surface area contributed by atoms with E-state index in [0.29, 0.717) is 0 Å². The summed E-state index contributed by atoms with van der Waals surface area (Å²) in [6.07, 6.45) is 5.54. The van der Waals surface area contributed by atoms with E-state index in [4.69, 9.17) is 0 Å². The summed E-state index contributed by atoms with van der Waals surface area (Å²) in [4.78, 5) is 9.72. The minimum Gasteiger partial charge on any atom is -0.299 e. The van der Waals surface area contributed by atoms with E-state index in [-0.39, 0.29) is 0 Å². The van der Waals surface area contributed by atoms with Crippen molar-refractivity contribution in [2.24, 2.45) is 0 Å². The van der Waals surface area contributed by atoms with E-state index < -0.39 is 0 Å². The number of thiazole rings is 1. The molecule has 3 rings (SSSR count). The van der Waals surface area contributed by atoms with Crippen LogP contribution in [0.25, 0.3) is 0 Å². The lowest BCUT2D eigenvalue weighted by Crippen LogP contribution is -2.43. The van der Waals surface area contributed by atoms with Crippen molar-refractivity contribution in [3.63, 3.8) is 0 Å². The number of hydrogen-bond donors (Lipinski definition) is 0. The van der Waals surface area contributed by atoms with E-state index in [1.54, 1.807) is 11.3 Å². The molecule has 0 aliphatic carbocycles. The Morgan fingerprint density at radius 2 is 2.18 bits per heavy atom. The van der Waals surface area contributed by atoms with Crippen LogP contribution in [-0.2, 0) is 6.54 Å². The third kappa shape index (κ3) is 2.87. The average Bonchev–Trinajstić information content (AvgIpc) is 2.76. The molecule has 1 aromatic rings. The molecule has 2 saturated heterocycles. The van der Waals surface area contributed by atoms with Gasteiger partial charge in [-0.1, -0.05) is 6.42 Å². The number of rotatable bonds is 2. The lowest BCUT2D eigenvalue weighted by Gasteiger charge is -2.35. The zero-order valence-corrected chi connectivity index (χ0v) is 11.2. The Balaban J connectivity index is 1.62.